The Bertz CT molecular complexity index is 647. The third-order valence-electron chi connectivity index (χ3n) is 2.33. The number of amides is 2. The molecular weight excluding hydrogens is 270 g/mol. The average Bonchev–Trinajstić information content (AvgIpc) is 2.81. The third kappa shape index (κ3) is 3.00. The molecule has 2 aromatic rings. The maximum atomic E-state index is 13.4. The minimum absolute atomic E-state index is 0.0663. The molecular formula is C13H10F2N2O3. The van der Waals surface area contributed by atoms with Gasteiger partial charge in [-0.05, 0) is 18.2 Å². The molecule has 5 nitrogen and oxygen atoms in total. The van der Waals surface area contributed by atoms with Gasteiger partial charge >= 0.3 is 0 Å². The molecule has 0 radical (unpaired) electrons. The van der Waals surface area contributed by atoms with E-state index < -0.39 is 23.2 Å². The average molecular weight is 280 g/mol. The van der Waals surface area contributed by atoms with Gasteiger partial charge in [-0.25, -0.2) is 8.78 Å². The van der Waals surface area contributed by atoms with E-state index in [2.05, 4.69) is 10.6 Å². The highest BCUT2D eigenvalue weighted by Gasteiger charge is 2.16. The van der Waals surface area contributed by atoms with E-state index in [-0.39, 0.29) is 17.6 Å². The van der Waals surface area contributed by atoms with Gasteiger partial charge in [0.15, 0.2) is 11.6 Å². The van der Waals surface area contributed by atoms with Crippen LogP contribution < -0.4 is 10.6 Å². The van der Waals surface area contributed by atoms with Gasteiger partial charge in [0.2, 0.25) is 5.91 Å². The normalized spacial score (nSPS) is 10.2. The van der Waals surface area contributed by atoms with Crippen LogP contribution in [-0.2, 0) is 4.79 Å². The summed E-state index contributed by atoms with van der Waals surface area (Å²) in [6.45, 7) is 1.27. The van der Waals surface area contributed by atoms with E-state index in [0.29, 0.717) is 0 Å². The van der Waals surface area contributed by atoms with Crippen LogP contribution in [0.15, 0.2) is 34.7 Å². The first kappa shape index (κ1) is 13.7. The number of para-hydroxylation sites is 1. The van der Waals surface area contributed by atoms with Gasteiger partial charge in [0.1, 0.15) is 17.3 Å². The molecule has 0 saturated heterocycles. The van der Waals surface area contributed by atoms with E-state index in [4.69, 9.17) is 4.42 Å². The maximum Gasteiger partial charge on any atom is 0.291 e. The zero-order chi connectivity index (χ0) is 14.7. The van der Waals surface area contributed by atoms with Crippen LogP contribution in [0.25, 0.3) is 0 Å². The van der Waals surface area contributed by atoms with Crippen LogP contribution in [0.3, 0.4) is 0 Å². The molecule has 0 unspecified atom stereocenters. The SMILES string of the molecule is CC(=O)Nc1ccc(C(=O)Nc2c(F)cccc2F)o1. The van der Waals surface area contributed by atoms with Crippen molar-refractivity contribution in [2.45, 2.75) is 6.92 Å². The van der Waals surface area contributed by atoms with Crippen molar-refractivity contribution in [3.8, 4) is 0 Å². The Morgan fingerprint density at radius 3 is 2.30 bits per heavy atom. The molecule has 7 heteroatoms. The Hall–Kier alpha value is -2.70. The van der Waals surface area contributed by atoms with Gasteiger partial charge < -0.3 is 9.73 Å². The summed E-state index contributed by atoms with van der Waals surface area (Å²) in [7, 11) is 0. The Morgan fingerprint density at radius 2 is 1.70 bits per heavy atom. The van der Waals surface area contributed by atoms with E-state index in [0.717, 1.165) is 12.1 Å². The second-order valence-electron chi connectivity index (χ2n) is 3.90. The van der Waals surface area contributed by atoms with Gasteiger partial charge in [-0.2, -0.15) is 0 Å². The number of furan rings is 1. The zero-order valence-corrected chi connectivity index (χ0v) is 10.4. The lowest BCUT2D eigenvalue weighted by Crippen LogP contribution is -2.13. The molecule has 2 N–H and O–H groups in total. The maximum absolute atomic E-state index is 13.4. The largest absolute Gasteiger partial charge is 0.435 e. The van der Waals surface area contributed by atoms with E-state index in [9.17, 15) is 18.4 Å². The Morgan fingerprint density at radius 1 is 1.05 bits per heavy atom. The first-order valence-electron chi connectivity index (χ1n) is 5.60. The highest BCUT2D eigenvalue weighted by molar-refractivity contribution is 6.02. The molecule has 104 valence electrons. The van der Waals surface area contributed by atoms with Crippen molar-refractivity contribution in [3.63, 3.8) is 0 Å². The number of anilines is 2. The molecule has 0 fully saturated rings. The first-order chi connectivity index (χ1) is 9.47. The van der Waals surface area contributed by atoms with Gasteiger partial charge in [0.25, 0.3) is 5.91 Å². The van der Waals surface area contributed by atoms with Gasteiger partial charge in [-0.3, -0.25) is 14.9 Å². The van der Waals surface area contributed by atoms with Crippen LogP contribution in [0.5, 0.6) is 0 Å². The molecule has 20 heavy (non-hydrogen) atoms. The third-order valence-corrected chi connectivity index (χ3v) is 2.33. The summed E-state index contributed by atoms with van der Waals surface area (Å²) >= 11 is 0. The van der Waals surface area contributed by atoms with Gasteiger partial charge in [0.05, 0.1) is 0 Å². The molecule has 0 aliphatic heterocycles. The molecule has 0 atom stereocenters. The smallest absolute Gasteiger partial charge is 0.291 e. The summed E-state index contributed by atoms with van der Waals surface area (Å²) in [6, 6.07) is 5.85. The minimum Gasteiger partial charge on any atom is -0.435 e. The predicted octanol–water partition coefficient (Wildman–Crippen LogP) is 2.77. The van der Waals surface area contributed by atoms with Crippen LogP contribution >= 0.6 is 0 Å². The standard InChI is InChI=1S/C13H10F2N2O3/c1-7(18)16-11-6-5-10(20-11)13(19)17-12-8(14)3-2-4-9(12)15/h2-6H,1H3,(H,16,18)(H,17,19). The highest BCUT2D eigenvalue weighted by Crippen LogP contribution is 2.20. The van der Waals surface area contributed by atoms with E-state index in [1.54, 1.807) is 0 Å². The summed E-state index contributed by atoms with van der Waals surface area (Å²) in [6.07, 6.45) is 0. The number of hydrogen-bond acceptors (Lipinski definition) is 3. The number of hydrogen-bond donors (Lipinski definition) is 2. The fourth-order valence-corrected chi connectivity index (χ4v) is 1.49. The van der Waals surface area contributed by atoms with Crippen molar-refractivity contribution < 1.29 is 22.8 Å². The number of rotatable bonds is 3. The molecule has 1 aromatic heterocycles. The Balaban J connectivity index is 2.16. The second-order valence-corrected chi connectivity index (χ2v) is 3.90. The fourth-order valence-electron chi connectivity index (χ4n) is 1.49. The van der Waals surface area contributed by atoms with Crippen molar-refractivity contribution in [2.24, 2.45) is 0 Å². The van der Waals surface area contributed by atoms with Gasteiger partial charge in [-0.15, -0.1) is 0 Å². The zero-order valence-electron chi connectivity index (χ0n) is 10.4. The Kier molecular flexibility index (Phi) is 3.79. The summed E-state index contributed by atoms with van der Waals surface area (Å²) in [5, 5.41) is 4.40. The van der Waals surface area contributed by atoms with Crippen molar-refractivity contribution in [2.75, 3.05) is 10.6 Å². The quantitative estimate of drug-likeness (QED) is 0.908. The lowest BCUT2D eigenvalue weighted by Gasteiger charge is -2.05. The van der Waals surface area contributed by atoms with Gasteiger partial charge in [-0.1, -0.05) is 6.07 Å². The van der Waals surface area contributed by atoms with Crippen LogP contribution in [-0.4, -0.2) is 11.8 Å². The molecule has 1 heterocycles. The minimum atomic E-state index is -0.896. The number of carbonyl (C=O) groups excluding carboxylic acids is 2. The number of carbonyl (C=O) groups is 2. The summed E-state index contributed by atoms with van der Waals surface area (Å²) in [4.78, 5) is 22.6. The second kappa shape index (κ2) is 5.52. The first-order valence-corrected chi connectivity index (χ1v) is 5.60. The number of benzene rings is 1. The molecule has 0 spiro atoms. The van der Waals surface area contributed by atoms with E-state index in [1.165, 1.54) is 25.1 Å². The lowest BCUT2D eigenvalue weighted by molar-refractivity contribution is -0.114. The van der Waals surface area contributed by atoms with Crippen LogP contribution in [0, 0.1) is 11.6 Å². The molecule has 0 bridgehead atoms. The van der Waals surface area contributed by atoms with Gasteiger partial charge in [0, 0.05) is 13.0 Å². The van der Waals surface area contributed by atoms with E-state index >= 15 is 0 Å². The molecule has 0 saturated carbocycles. The highest BCUT2D eigenvalue weighted by atomic mass is 19.1. The molecule has 1 aromatic carbocycles. The molecule has 0 aliphatic carbocycles. The predicted molar refractivity (Wildman–Crippen MR) is 67.3 cm³/mol. The van der Waals surface area contributed by atoms with Crippen molar-refractivity contribution >= 4 is 23.4 Å². The summed E-state index contributed by atoms with van der Waals surface area (Å²) < 4.78 is 31.7. The van der Waals surface area contributed by atoms with Crippen molar-refractivity contribution in [3.05, 3.63) is 47.7 Å². The molecule has 2 amide bonds. The summed E-state index contributed by atoms with van der Waals surface area (Å²) in [5.41, 5.74) is -0.560. The number of halogens is 2. The van der Waals surface area contributed by atoms with E-state index in [1.807, 2.05) is 0 Å². The number of nitrogens with one attached hydrogen (secondary N) is 2. The van der Waals surface area contributed by atoms with Crippen molar-refractivity contribution in [1.82, 2.24) is 0 Å². The monoisotopic (exact) mass is 280 g/mol. The Labute approximate surface area is 112 Å². The van der Waals surface area contributed by atoms with Crippen LogP contribution in [0.4, 0.5) is 20.4 Å². The van der Waals surface area contributed by atoms with Crippen LogP contribution in [0.2, 0.25) is 0 Å². The summed E-state index contributed by atoms with van der Waals surface area (Å²) in [5.74, 6) is -3.11. The fraction of sp³-hybridized carbons (Fsp3) is 0.0769. The van der Waals surface area contributed by atoms with Crippen LogP contribution in [0.1, 0.15) is 17.5 Å². The van der Waals surface area contributed by atoms with Crippen molar-refractivity contribution in [1.29, 1.82) is 0 Å². The lowest BCUT2D eigenvalue weighted by atomic mass is 10.3. The molecule has 2 rings (SSSR count). The topological polar surface area (TPSA) is 71.3 Å². The molecule has 0 aliphatic rings.